The first-order valence-electron chi connectivity index (χ1n) is 5.59. The van der Waals surface area contributed by atoms with E-state index in [4.69, 9.17) is 11.6 Å². The van der Waals surface area contributed by atoms with Crippen LogP contribution in [0.2, 0.25) is 5.28 Å². The molecule has 0 saturated heterocycles. The van der Waals surface area contributed by atoms with Crippen molar-refractivity contribution in [3.63, 3.8) is 0 Å². The molecule has 0 atom stereocenters. The molecule has 3 rings (SSSR count). The summed E-state index contributed by atoms with van der Waals surface area (Å²) >= 11 is 5.86. The number of ether oxygens (including phenoxy) is 1. The third-order valence-corrected chi connectivity index (χ3v) is 2.53. The summed E-state index contributed by atoms with van der Waals surface area (Å²) in [6.07, 6.45) is 4.49. The molecule has 0 aliphatic carbocycles. The fourth-order valence-corrected chi connectivity index (χ4v) is 1.62. The number of hydrogen-bond acceptors (Lipinski definition) is 8. The molecule has 3 aromatic rings. The molecular formula is C10H7ClN8O2. The lowest BCUT2D eigenvalue weighted by molar-refractivity contribution is 0.0587. The lowest BCUT2D eigenvalue weighted by Gasteiger charge is -2.02. The summed E-state index contributed by atoms with van der Waals surface area (Å²) in [5, 5.41) is 7.86. The molecule has 11 heteroatoms. The van der Waals surface area contributed by atoms with Crippen molar-refractivity contribution < 1.29 is 9.53 Å². The molecule has 106 valence electrons. The normalized spacial score (nSPS) is 10.6. The Hall–Kier alpha value is -2.88. The Morgan fingerprint density at radius 1 is 1.24 bits per heavy atom. The van der Waals surface area contributed by atoms with Crippen LogP contribution in [0.5, 0.6) is 0 Å². The number of nitrogens with zero attached hydrogens (tertiary/aromatic N) is 8. The number of hydrogen-bond donors (Lipinski definition) is 0. The van der Waals surface area contributed by atoms with Crippen LogP contribution in [0, 0.1) is 0 Å². The highest BCUT2D eigenvalue weighted by Crippen LogP contribution is 2.08. The molecule has 0 spiro atoms. The van der Waals surface area contributed by atoms with Crippen LogP contribution in [0.15, 0.2) is 24.8 Å². The molecule has 10 nitrogen and oxygen atoms in total. The molecule has 0 radical (unpaired) electrons. The van der Waals surface area contributed by atoms with Crippen molar-refractivity contribution in [3.8, 4) is 11.9 Å². The van der Waals surface area contributed by atoms with Gasteiger partial charge in [0.25, 0.3) is 17.7 Å². The molecule has 0 aromatic carbocycles. The standard InChI is InChI=1S/C10H7ClN8O2/c1-21-7(20)6-12-5-19(17-6)10-15-8(11)14-9(16-10)18-4-2-3-13-18/h2-5H,1H3. The van der Waals surface area contributed by atoms with E-state index in [1.807, 2.05) is 0 Å². The smallest absolute Gasteiger partial charge is 0.377 e. The number of rotatable bonds is 3. The molecule has 0 saturated carbocycles. The van der Waals surface area contributed by atoms with Crippen molar-refractivity contribution in [3.05, 3.63) is 35.9 Å². The summed E-state index contributed by atoms with van der Waals surface area (Å²) in [5.41, 5.74) is 0. The third kappa shape index (κ3) is 2.56. The van der Waals surface area contributed by atoms with Crippen molar-refractivity contribution in [2.45, 2.75) is 0 Å². The van der Waals surface area contributed by atoms with E-state index in [2.05, 4.69) is 34.9 Å². The van der Waals surface area contributed by atoms with E-state index in [0.29, 0.717) is 0 Å². The summed E-state index contributed by atoms with van der Waals surface area (Å²) in [5.74, 6) is -0.468. The van der Waals surface area contributed by atoms with E-state index in [1.165, 1.54) is 22.8 Å². The Kier molecular flexibility index (Phi) is 3.28. The Bertz CT molecular complexity index is 784. The van der Waals surface area contributed by atoms with E-state index in [-0.39, 0.29) is 23.0 Å². The van der Waals surface area contributed by atoms with Gasteiger partial charge < -0.3 is 4.74 Å². The van der Waals surface area contributed by atoms with Gasteiger partial charge >= 0.3 is 5.97 Å². The molecule has 0 fully saturated rings. The number of carbonyl (C=O) groups excluding carboxylic acids is 1. The van der Waals surface area contributed by atoms with Gasteiger partial charge in [0.1, 0.15) is 6.33 Å². The topological polar surface area (TPSA) is 114 Å². The van der Waals surface area contributed by atoms with Crippen molar-refractivity contribution >= 4 is 17.6 Å². The highest BCUT2D eigenvalue weighted by Gasteiger charge is 2.15. The van der Waals surface area contributed by atoms with Crippen LogP contribution in [0.1, 0.15) is 10.6 Å². The Balaban J connectivity index is 2.02. The average Bonchev–Trinajstić information content (AvgIpc) is 3.17. The second-order valence-corrected chi connectivity index (χ2v) is 4.00. The first-order valence-corrected chi connectivity index (χ1v) is 5.97. The van der Waals surface area contributed by atoms with Gasteiger partial charge in [0, 0.05) is 12.4 Å². The van der Waals surface area contributed by atoms with E-state index in [0.717, 1.165) is 0 Å². The minimum atomic E-state index is -0.666. The largest absolute Gasteiger partial charge is 0.463 e. The molecule has 0 aliphatic rings. The Labute approximate surface area is 122 Å². The van der Waals surface area contributed by atoms with E-state index in [9.17, 15) is 4.79 Å². The van der Waals surface area contributed by atoms with Gasteiger partial charge in [-0.2, -0.15) is 24.7 Å². The average molecular weight is 307 g/mol. The van der Waals surface area contributed by atoms with Crippen molar-refractivity contribution in [2.24, 2.45) is 0 Å². The maximum absolute atomic E-state index is 11.3. The lowest BCUT2D eigenvalue weighted by Crippen LogP contribution is -2.10. The van der Waals surface area contributed by atoms with Gasteiger partial charge in [-0.1, -0.05) is 0 Å². The van der Waals surface area contributed by atoms with Crippen LogP contribution in [0.4, 0.5) is 0 Å². The van der Waals surface area contributed by atoms with Crippen molar-refractivity contribution in [1.29, 1.82) is 0 Å². The minimum Gasteiger partial charge on any atom is -0.463 e. The Morgan fingerprint density at radius 2 is 2.00 bits per heavy atom. The maximum Gasteiger partial charge on any atom is 0.377 e. The zero-order valence-corrected chi connectivity index (χ0v) is 11.3. The maximum atomic E-state index is 11.3. The van der Waals surface area contributed by atoms with Gasteiger partial charge in [-0.25, -0.2) is 14.5 Å². The molecule has 21 heavy (non-hydrogen) atoms. The van der Waals surface area contributed by atoms with Gasteiger partial charge in [-0.3, -0.25) is 0 Å². The first-order chi connectivity index (χ1) is 10.2. The van der Waals surface area contributed by atoms with Gasteiger partial charge in [0.15, 0.2) is 0 Å². The predicted molar refractivity (Wildman–Crippen MR) is 68.2 cm³/mol. The van der Waals surface area contributed by atoms with E-state index < -0.39 is 5.97 Å². The fourth-order valence-electron chi connectivity index (χ4n) is 1.47. The molecule has 0 amide bonds. The summed E-state index contributed by atoms with van der Waals surface area (Å²) < 4.78 is 7.12. The molecule has 0 unspecified atom stereocenters. The fraction of sp³-hybridized carbons (Fsp3) is 0.100. The van der Waals surface area contributed by atoms with Crippen LogP contribution in [-0.4, -0.2) is 52.6 Å². The second kappa shape index (κ2) is 5.25. The summed E-state index contributed by atoms with van der Waals surface area (Å²) in [4.78, 5) is 27.1. The number of methoxy groups -OCH3 is 1. The number of esters is 1. The minimum absolute atomic E-state index is 0.0411. The van der Waals surface area contributed by atoms with Gasteiger partial charge in [-0.15, -0.1) is 5.10 Å². The highest BCUT2D eigenvalue weighted by atomic mass is 35.5. The summed E-state index contributed by atoms with van der Waals surface area (Å²) in [6.45, 7) is 0. The van der Waals surface area contributed by atoms with Gasteiger partial charge in [0.2, 0.25) is 5.28 Å². The Morgan fingerprint density at radius 3 is 2.67 bits per heavy atom. The third-order valence-electron chi connectivity index (χ3n) is 2.36. The van der Waals surface area contributed by atoms with Crippen LogP contribution in [0.25, 0.3) is 11.9 Å². The molecule has 0 aliphatic heterocycles. The number of aromatic nitrogens is 8. The van der Waals surface area contributed by atoms with Crippen LogP contribution >= 0.6 is 11.6 Å². The summed E-state index contributed by atoms with van der Waals surface area (Å²) in [6, 6.07) is 1.71. The molecule has 3 heterocycles. The molecule has 0 N–H and O–H groups in total. The molecular weight excluding hydrogens is 300 g/mol. The second-order valence-electron chi connectivity index (χ2n) is 3.66. The highest BCUT2D eigenvalue weighted by molar-refractivity contribution is 6.28. The zero-order chi connectivity index (χ0) is 14.8. The van der Waals surface area contributed by atoms with Gasteiger partial charge in [0.05, 0.1) is 7.11 Å². The zero-order valence-electron chi connectivity index (χ0n) is 10.6. The summed E-state index contributed by atoms with van der Waals surface area (Å²) in [7, 11) is 1.23. The van der Waals surface area contributed by atoms with E-state index in [1.54, 1.807) is 18.5 Å². The first kappa shape index (κ1) is 13.1. The lowest BCUT2D eigenvalue weighted by atomic mass is 10.6. The predicted octanol–water partition coefficient (Wildman–Crippen LogP) is 0.0780. The van der Waals surface area contributed by atoms with Crippen molar-refractivity contribution in [1.82, 2.24) is 39.5 Å². The molecule has 3 aromatic heterocycles. The SMILES string of the molecule is COC(=O)c1ncn(-c2nc(Cl)nc(-n3cccn3)n2)n1. The van der Waals surface area contributed by atoms with Crippen LogP contribution in [0.3, 0.4) is 0 Å². The monoisotopic (exact) mass is 306 g/mol. The van der Waals surface area contributed by atoms with Gasteiger partial charge in [-0.05, 0) is 17.7 Å². The quantitative estimate of drug-likeness (QED) is 0.625. The van der Waals surface area contributed by atoms with Crippen molar-refractivity contribution in [2.75, 3.05) is 7.11 Å². The van der Waals surface area contributed by atoms with E-state index >= 15 is 0 Å². The van der Waals surface area contributed by atoms with Crippen LogP contribution in [-0.2, 0) is 4.74 Å². The number of halogens is 1. The number of carbonyl (C=O) groups is 1. The van der Waals surface area contributed by atoms with Crippen LogP contribution < -0.4 is 0 Å². The molecule has 0 bridgehead atoms.